The fourth-order valence-electron chi connectivity index (χ4n) is 2.36. The lowest BCUT2D eigenvalue weighted by molar-refractivity contribution is 0.364. The van der Waals surface area contributed by atoms with Crippen molar-refractivity contribution in [2.24, 2.45) is 5.92 Å². The molecule has 2 rings (SSSR count). The first-order valence-corrected chi connectivity index (χ1v) is 6.76. The summed E-state index contributed by atoms with van der Waals surface area (Å²) >= 11 is 0. The summed E-state index contributed by atoms with van der Waals surface area (Å²) in [6.07, 6.45) is 3.85. The highest BCUT2D eigenvalue weighted by Gasteiger charge is 2.12. The van der Waals surface area contributed by atoms with Gasteiger partial charge in [0.2, 0.25) is 0 Å². The van der Waals surface area contributed by atoms with Crippen LogP contribution < -0.4 is 16.0 Å². The number of piperidine rings is 1. The van der Waals surface area contributed by atoms with Crippen molar-refractivity contribution >= 4 is 11.6 Å². The molecule has 0 radical (unpaired) electrons. The SMILES string of the molecule is CNc1cc(NCCC2CCCNC2)nc(C)n1. The molecular weight excluding hydrogens is 226 g/mol. The van der Waals surface area contributed by atoms with Crippen molar-refractivity contribution in [1.82, 2.24) is 15.3 Å². The van der Waals surface area contributed by atoms with Gasteiger partial charge in [0.25, 0.3) is 0 Å². The molecule has 0 spiro atoms. The van der Waals surface area contributed by atoms with Gasteiger partial charge in [-0.2, -0.15) is 0 Å². The van der Waals surface area contributed by atoms with Gasteiger partial charge in [-0.1, -0.05) is 0 Å². The first-order valence-electron chi connectivity index (χ1n) is 6.76. The Bertz CT molecular complexity index is 374. The molecule has 3 N–H and O–H groups in total. The van der Waals surface area contributed by atoms with Crippen molar-refractivity contribution in [1.29, 1.82) is 0 Å². The molecule has 0 saturated carbocycles. The molecule has 0 bridgehead atoms. The predicted molar refractivity (Wildman–Crippen MR) is 75.0 cm³/mol. The molecule has 1 aliphatic rings. The Morgan fingerprint density at radius 1 is 1.39 bits per heavy atom. The van der Waals surface area contributed by atoms with E-state index in [4.69, 9.17) is 0 Å². The Labute approximate surface area is 109 Å². The summed E-state index contributed by atoms with van der Waals surface area (Å²) in [5.74, 6) is 3.38. The van der Waals surface area contributed by atoms with Gasteiger partial charge in [0.1, 0.15) is 17.5 Å². The second-order valence-electron chi connectivity index (χ2n) is 4.86. The van der Waals surface area contributed by atoms with Crippen molar-refractivity contribution in [3.8, 4) is 0 Å². The van der Waals surface area contributed by atoms with Crippen molar-refractivity contribution in [3.63, 3.8) is 0 Å². The molecule has 1 fully saturated rings. The number of nitrogens with one attached hydrogen (secondary N) is 3. The molecule has 1 atom stereocenters. The van der Waals surface area contributed by atoms with Gasteiger partial charge in [0, 0.05) is 19.7 Å². The van der Waals surface area contributed by atoms with Gasteiger partial charge in [-0.3, -0.25) is 0 Å². The summed E-state index contributed by atoms with van der Waals surface area (Å²) in [5, 5.41) is 9.88. The van der Waals surface area contributed by atoms with Gasteiger partial charge in [0.05, 0.1) is 0 Å². The van der Waals surface area contributed by atoms with Crippen LogP contribution in [-0.4, -0.2) is 36.6 Å². The van der Waals surface area contributed by atoms with Crippen molar-refractivity contribution < 1.29 is 0 Å². The largest absolute Gasteiger partial charge is 0.373 e. The van der Waals surface area contributed by atoms with Gasteiger partial charge < -0.3 is 16.0 Å². The molecule has 1 unspecified atom stereocenters. The van der Waals surface area contributed by atoms with Crippen LogP contribution >= 0.6 is 0 Å². The topological polar surface area (TPSA) is 61.9 Å². The minimum Gasteiger partial charge on any atom is -0.373 e. The fourth-order valence-corrected chi connectivity index (χ4v) is 2.36. The van der Waals surface area contributed by atoms with E-state index >= 15 is 0 Å². The van der Waals surface area contributed by atoms with Gasteiger partial charge in [-0.05, 0) is 45.2 Å². The Hall–Kier alpha value is -1.36. The lowest BCUT2D eigenvalue weighted by atomic mass is 9.96. The zero-order valence-electron chi connectivity index (χ0n) is 11.3. The second-order valence-corrected chi connectivity index (χ2v) is 4.86. The Morgan fingerprint density at radius 2 is 2.22 bits per heavy atom. The first kappa shape index (κ1) is 13.1. The molecule has 1 aromatic heterocycles. The van der Waals surface area contributed by atoms with Crippen LogP contribution in [0.15, 0.2) is 6.07 Å². The van der Waals surface area contributed by atoms with Gasteiger partial charge in [0.15, 0.2) is 0 Å². The lowest BCUT2D eigenvalue weighted by Gasteiger charge is -2.22. The van der Waals surface area contributed by atoms with Crippen LogP contribution in [0.5, 0.6) is 0 Å². The van der Waals surface area contributed by atoms with Crippen LogP contribution in [0.1, 0.15) is 25.1 Å². The van der Waals surface area contributed by atoms with Gasteiger partial charge in [-0.25, -0.2) is 9.97 Å². The maximum atomic E-state index is 4.39. The van der Waals surface area contributed by atoms with Gasteiger partial charge in [-0.15, -0.1) is 0 Å². The number of aryl methyl sites for hydroxylation is 1. The first-order chi connectivity index (χ1) is 8.78. The molecule has 2 heterocycles. The van der Waals surface area contributed by atoms with Crippen molar-refractivity contribution in [2.45, 2.75) is 26.2 Å². The molecule has 0 amide bonds. The number of rotatable bonds is 5. The summed E-state index contributed by atoms with van der Waals surface area (Å²) in [4.78, 5) is 8.66. The minimum atomic E-state index is 0.795. The van der Waals surface area contributed by atoms with Crippen LogP contribution in [0, 0.1) is 12.8 Å². The fraction of sp³-hybridized carbons (Fsp3) is 0.692. The second kappa shape index (κ2) is 6.54. The Morgan fingerprint density at radius 3 is 2.94 bits per heavy atom. The van der Waals surface area contributed by atoms with E-state index in [1.165, 1.54) is 25.8 Å². The number of aromatic nitrogens is 2. The molecule has 1 aromatic rings. The summed E-state index contributed by atoms with van der Waals surface area (Å²) in [7, 11) is 1.87. The van der Waals surface area contributed by atoms with E-state index in [2.05, 4.69) is 25.9 Å². The van der Waals surface area contributed by atoms with Crippen molar-refractivity contribution in [2.75, 3.05) is 37.3 Å². The molecule has 5 nitrogen and oxygen atoms in total. The number of nitrogens with zero attached hydrogens (tertiary/aromatic N) is 2. The minimum absolute atomic E-state index is 0.795. The predicted octanol–water partition coefficient (Wildman–Crippen LogP) is 1.63. The average molecular weight is 249 g/mol. The number of hydrogen-bond donors (Lipinski definition) is 3. The van der Waals surface area contributed by atoms with E-state index in [0.717, 1.165) is 36.5 Å². The van der Waals surface area contributed by atoms with E-state index in [1.807, 2.05) is 20.0 Å². The molecule has 1 aliphatic heterocycles. The van der Waals surface area contributed by atoms with E-state index < -0.39 is 0 Å². The zero-order valence-corrected chi connectivity index (χ0v) is 11.3. The highest BCUT2D eigenvalue weighted by atomic mass is 15.1. The van der Waals surface area contributed by atoms with Gasteiger partial charge >= 0.3 is 0 Å². The maximum Gasteiger partial charge on any atom is 0.131 e. The molecular formula is C13H23N5. The molecule has 1 saturated heterocycles. The zero-order chi connectivity index (χ0) is 12.8. The number of anilines is 2. The molecule has 18 heavy (non-hydrogen) atoms. The maximum absolute atomic E-state index is 4.39. The Balaban J connectivity index is 1.80. The Kier molecular flexibility index (Phi) is 4.75. The van der Waals surface area contributed by atoms with Crippen LogP contribution in [0.25, 0.3) is 0 Å². The van der Waals surface area contributed by atoms with Crippen molar-refractivity contribution in [3.05, 3.63) is 11.9 Å². The monoisotopic (exact) mass is 249 g/mol. The van der Waals surface area contributed by atoms with Crippen LogP contribution in [-0.2, 0) is 0 Å². The lowest BCUT2D eigenvalue weighted by Crippen LogP contribution is -2.30. The van der Waals surface area contributed by atoms with E-state index in [0.29, 0.717) is 0 Å². The smallest absolute Gasteiger partial charge is 0.131 e. The number of hydrogen-bond acceptors (Lipinski definition) is 5. The molecule has 0 aliphatic carbocycles. The molecule has 0 aromatic carbocycles. The van der Waals surface area contributed by atoms with E-state index in [-0.39, 0.29) is 0 Å². The quantitative estimate of drug-likeness (QED) is 0.740. The third kappa shape index (κ3) is 3.84. The standard InChI is InChI=1S/C13H23N5/c1-10-17-12(14-2)8-13(18-10)16-7-5-11-4-3-6-15-9-11/h8,11,15H,3-7,9H2,1-2H3,(H2,14,16,17,18). The summed E-state index contributed by atoms with van der Waals surface area (Å²) in [5.41, 5.74) is 0. The normalized spacial score (nSPS) is 19.6. The molecule has 100 valence electrons. The summed E-state index contributed by atoms with van der Waals surface area (Å²) < 4.78 is 0. The summed E-state index contributed by atoms with van der Waals surface area (Å²) in [6, 6.07) is 1.95. The van der Waals surface area contributed by atoms with Crippen LogP contribution in [0.4, 0.5) is 11.6 Å². The van der Waals surface area contributed by atoms with E-state index in [9.17, 15) is 0 Å². The summed E-state index contributed by atoms with van der Waals surface area (Å²) in [6.45, 7) is 5.23. The third-order valence-electron chi connectivity index (χ3n) is 3.35. The highest BCUT2D eigenvalue weighted by molar-refractivity contribution is 5.46. The molecule has 5 heteroatoms. The average Bonchev–Trinajstić information content (AvgIpc) is 2.39. The van der Waals surface area contributed by atoms with Crippen LogP contribution in [0.3, 0.4) is 0 Å². The third-order valence-corrected chi connectivity index (χ3v) is 3.35. The van der Waals surface area contributed by atoms with E-state index in [1.54, 1.807) is 0 Å². The van der Waals surface area contributed by atoms with Crippen LogP contribution in [0.2, 0.25) is 0 Å². The highest BCUT2D eigenvalue weighted by Crippen LogP contribution is 2.15.